The van der Waals surface area contributed by atoms with Crippen LogP contribution in [0.1, 0.15) is 36.8 Å². The molecule has 0 spiro atoms. The van der Waals surface area contributed by atoms with Gasteiger partial charge in [0, 0.05) is 24.0 Å². The summed E-state index contributed by atoms with van der Waals surface area (Å²) in [6.07, 6.45) is -0.250. The van der Waals surface area contributed by atoms with Gasteiger partial charge in [-0.15, -0.1) is 0 Å². The molecule has 6 N–H and O–H groups in total. The molecular formula is C36H38B2N2O11. The summed E-state index contributed by atoms with van der Waals surface area (Å²) in [4.78, 5) is 48.2. The Morgan fingerprint density at radius 2 is 0.941 bits per heavy atom. The molecule has 15 heteroatoms. The van der Waals surface area contributed by atoms with E-state index >= 15 is 0 Å². The van der Waals surface area contributed by atoms with Crippen LogP contribution >= 0.6 is 0 Å². The first-order chi connectivity index (χ1) is 24.6. The highest BCUT2D eigenvalue weighted by Crippen LogP contribution is 2.21. The number of hydrogen-bond acceptors (Lipinski definition) is 11. The van der Waals surface area contributed by atoms with Crippen molar-refractivity contribution in [3.63, 3.8) is 0 Å². The summed E-state index contributed by atoms with van der Waals surface area (Å²) in [5.74, 6) is -1.83. The van der Waals surface area contributed by atoms with Crippen LogP contribution in [0.2, 0.25) is 0 Å². The minimum absolute atomic E-state index is 0.00927. The van der Waals surface area contributed by atoms with Crippen molar-refractivity contribution in [2.45, 2.75) is 51.0 Å². The third-order valence-corrected chi connectivity index (χ3v) is 7.79. The minimum Gasteiger partial charge on any atom is -0.480 e. The molecule has 0 saturated carbocycles. The Kier molecular flexibility index (Phi) is 14.8. The summed E-state index contributed by atoms with van der Waals surface area (Å²) in [6.45, 7) is -0.580. The number of carboxylic acid groups (broad SMARTS) is 2. The summed E-state index contributed by atoms with van der Waals surface area (Å²) < 4.78 is 16.5. The van der Waals surface area contributed by atoms with E-state index in [0.717, 1.165) is 10.9 Å². The second kappa shape index (κ2) is 19.6. The number of aliphatic carboxylic acids is 2. The zero-order valence-electron chi connectivity index (χ0n) is 27.7. The Morgan fingerprint density at radius 1 is 0.569 bits per heavy atom. The van der Waals surface area contributed by atoms with Gasteiger partial charge in [-0.05, 0) is 49.2 Å². The average molecular weight is 696 g/mol. The summed E-state index contributed by atoms with van der Waals surface area (Å²) in [5, 5.41) is 43.9. The second-order valence-electron chi connectivity index (χ2n) is 11.5. The third kappa shape index (κ3) is 12.4. The average Bonchev–Trinajstić information content (AvgIpc) is 3.13. The van der Waals surface area contributed by atoms with Gasteiger partial charge in [0.25, 0.3) is 0 Å². The zero-order chi connectivity index (χ0) is 36.6. The molecule has 0 fully saturated rings. The van der Waals surface area contributed by atoms with Gasteiger partial charge in [-0.2, -0.15) is 0 Å². The fourth-order valence-electron chi connectivity index (χ4n) is 4.93. The number of para-hydroxylation sites is 2. The fraction of sp³-hybridized carbons (Fsp3) is 0.222. The molecule has 264 valence electrons. The van der Waals surface area contributed by atoms with E-state index in [9.17, 15) is 39.6 Å². The van der Waals surface area contributed by atoms with Crippen molar-refractivity contribution >= 4 is 49.6 Å². The lowest BCUT2D eigenvalue weighted by Gasteiger charge is -2.15. The summed E-state index contributed by atoms with van der Waals surface area (Å²) in [7, 11) is 0.467. The van der Waals surface area contributed by atoms with E-state index in [1.807, 2.05) is 0 Å². The van der Waals surface area contributed by atoms with Crippen LogP contribution in [0.25, 0.3) is 0 Å². The number of aliphatic hydroxyl groups is 2. The van der Waals surface area contributed by atoms with Gasteiger partial charge in [0.2, 0.25) is 14.8 Å². The Morgan fingerprint density at radius 3 is 1.29 bits per heavy atom. The zero-order valence-corrected chi connectivity index (χ0v) is 27.7. The summed E-state index contributed by atoms with van der Waals surface area (Å²) in [6, 6.07) is 25.3. The van der Waals surface area contributed by atoms with Gasteiger partial charge in [-0.1, -0.05) is 71.6 Å². The number of carboxylic acids is 2. The molecule has 2 atom stereocenters. The maximum atomic E-state index is 12.3. The molecule has 4 aromatic rings. The number of carbonyl (C=O) groups excluding carboxylic acids is 2. The summed E-state index contributed by atoms with van der Waals surface area (Å²) >= 11 is 0. The summed E-state index contributed by atoms with van der Waals surface area (Å²) in [5.41, 5.74) is 2.51. The number of benzene rings is 4. The number of hydrogen-bond donors (Lipinski definition) is 6. The van der Waals surface area contributed by atoms with Crippen LogP contribution in [0, 0.1) is 0 Å². The first-order valence-electron chi connectivity index (χ1n) is 16.2. The SMILES string of the molecule is O=C(CC[C@H](NBc1ccc(Oc2ccc(BN[C@@H](CCC(=O)Oc3ccccc3CO)C(=O)O)cc2)cc1)C(=O)O)Oc1ccccc1CO. The molecule has 0 aliphatic carbocycles. The molecule has 0 heterocycles. The molecule has 0 bridgehead atoms. The molecule has 4 aromatic carbocycles. The predicted octanol–water partition coefficient (Wildman–Crippen LogP) is 1.27. The lowest BCUT2D eigenvalue weighted by atomic mass is 9.81. The number of nitrogens with one attached hydrogen (secondary N) is 2. The molecule has 0 amide bonds. The highest BCUT2D eigenvalue weighted by atomic mass is 16.5. The number of ether oxygens (including phenoxy) is 3. The van der Waals surface area contributed by atoms with E-state index in [2.05, 4.69) is 10.5 Å². The lowest BCUT2D eigenvalue weighted by molar-refractivity contribution is -0.141. The van der Waals surface area contributed by atoms with Gasteiger partial charge >= 0.3 is 23.9 Å². The quantitative estimate of drug-likeness (QED) is 0.0439. The highest BCUT2D eigenvalue weighted by Gasteiger charge is 2.21. The molecule has 0 aliphatic heterocycles. The van der Waals surface area contributed by atoms with Gasteiger partial charge in [0.05, 0.1) is 25.3 Å². The van der Waals surface area contributed by atoms with E-state index in [0.29, 0.717) is 22.6 Å². The molecule has 0 aliphatic rings. The van der Waals surface area contributed by atoms with Crippen LogP contribution in [0.15, 0.2) is 97.1 Å². The number of aliphatic hydroxyl groups excluding tert-OH is 2. The van der Waals surface area contributed by atoms with E-state index < -0.39 is 36.0 Å². The second-order valence-corrected chi connectivity index (χ2v) is 11.5. The molecule has 13 nitrogen and oxygen atoms in total. The van der Waals surface area contributed by atoms with Gasteiger partial charge in [0.15, 0.2) is 0 Å². The first kappa shape index (κ1) is 38.3. The number of rotatable bonds is 20. The van der Waals surface area contributed by atoms with Gasteiger partial charge in [-0.25, -0.2) is 0 Å². The Balaban J connectivity index is 1.20. The van der Waals surface area contributed by atoms with Crippen molar-refractivity contribution in [2.75, 3.05) is 0 Å². The number of esters is 2. The predicted molar refractivity (Wildman–Crippen MR) is 190 cm³/mol. The van der Waals surface area contributed by atoms with E-state index in [-0.39, 0.29) is 65.2 Å². The van der Waals surface area contributed by atoms with Gasteiger partial charge in [-0.3, -0.25) is 19.2 Å². The third-order valence-electron chi connectivity index (χ3n) is 7.79. The van der Waals surface area contributed by atoms with Crippen LogP contribution in [0.4, 0.5) is 0 Å². The van der Waals surface area contributed by atoms with Crippen molar-refractivity contribution < 1.29 is 53.8 Å². The van der Waals surface area contributed by atoms with Crippen LogP contribution in [-0.2, 0) is 32.4 Å². The van der Waals surface area contributed by atoms with Crippen LogP contribution in [0.5, 0.6) is 23.0 Å². The smallest absolute Gasteiger partial charge is 0.319 e. The van der Waals surface area contributed by atoms with Crippen molar-refractivity contribution in [3.8, 4) is 23.0 Å². The molecule has 0 unspecified atom stereocenters. The maximum absolute atomic E-state index is 12.3. The number of carbonyl (C=O) groups is 4. The fourth-order valence-corrected chi connectivity index (χ4v) is 4.93. The van der Waals surface area contributed by atoms with E-state index in [4.69, 9.17) is 14.2 Å². The molecule has 4 rings (SSSR count). The van der Waals surface area contributed by atoms with Crippen molar-refractivity contribution in [2.24, 2.45) is 0 Å². The Hall–Kier alpha value is -5.47. The molecule has 0 saturated heterocycles. The maximum Gasteiger partial charge on any atom is 0.319 e. The molecule has 51 heavy (non-hydrogen) atoms. The normalized spacial score (nSPS) is 11.9. The standard InChI is InChI=1S/C36H38B2N2O11/c41-21-23-5-1-3-7-31(23)50-33(43)19-17-29(35(45)46)39-37-25-9-13-27(14-10-25)49-28-15-11-26(12-16-28)38-40-30(36(47)48)18-20-34(44)51-32-8-4-2-6-24(32)22-42/h1-16,29-30,37-42H,17-22H2,(H,45,46)(H,47,48)/t29-,30-/m0/s1. The van der Waals surface area contributed by atoms with Crippen LogP contribution in [-0.4, -0.2) is 71.2 Å². The lowest BCUT2D eigenvalue weighted by Crippen LogP contribution is -2.43. The molecule has 0 radical (unpaired) electrons. The van der Waals surface area contributed by atoms with Crippen LogP contribution < -0.4 is 35.6 Å². The van der Waals surface area contributed by atoms with Gasteiger partial charge < -0.3 is 45.1 Å². The topological polar surface area (TPSA) is 201 Å². The van der Waals surface area contributed by atoms with Crippen molar-refractivity contribution in [1.82, 2.24) is 10.5 Å². The van der Waals surface area contributed by atoms with Crippen molar-refractivity contribution in [3.05, 3.63) is 108 Å². The Labute approximate surface area is 295 Å². The van der Waals surface area contributed by atoms with E-state index in [1.165, 1.54) is 0 Å². The van der Waals surface area contributed by atoms with E-state index in [1.54, 1.807) is 97.1 Å². The largest absolute Gasteiger partial charge is 0.480 e. The van der Waals surface area contributed by atoms with Gasteiger partial charge in [0.1, 0.15) is 23.0 Å². The molecule has 0 aromatic heterocycles. The first-order valence-corrected chi connectivity index (χ1v) is 16.2. The van der Waals surface area contributed by atoms with Crippen molar-refractivity contribution in [1.29, 1.82) is 0 Å². The Bertz CT molecular complexity index is 1640. The highest BCUT2D eigenvalue weighted by molar-refractivity contribution is 6.51. The monoisotopic (exact) mass is 696 g/mol. The van der Waals surface area contributed by atoms with Crippen LogP contribution in [0.3, 0.4) is 0 Å². The molecular weight excluding hydrogens is 658 g/mol. The minimum atomic E-state index is -1.10.